The Balaban J connectivity index is 1.60. The van der Waals surface area contributed by atoms with E-state index >= 15 is 0 Å². The average molecular weight is 424 g/mol. The van der Waals surface area contributed by atoms with Crippen LogP contribution in [0.25, 0.3) is 0 Å². The number of hydrogen-bond acceptors (Lipinski definition) is 4. The Kier molecular flexibility index (Phi) is 7.65. The Morgan fingerprint density at radius 3 is 2.35 bits per heavy atom. The van der Waals surface area contributed by atoms with Crippen molar-refractivity contribution in [1.29, 1.82) is 0 Å². The predicted molar refractivity (Wildman–Crippen MR) is 119 cm³/mol. The number of rotatable bonds is 6. The monoisotopic (exact) mass is 423 g/mol. The summed E-state index contributed by atoms with van der Waals surface area (Å²) in [6, 6.07) is 14.0. The van der Waals surface area contributed by atoms with Crippen molar-refractivity contribution in [2.24, 2.45) is 5.92 Å². The smallest absolute Gasteiger partial charge is 0.313 e. The van der Waals surface area contributed by atoms with Gasteiger partial charge in [0, 0.05) is 18.2 Å². The lowest BCUT2D eigenvalue weighted by atomic mass is 9.87. The SMILES string of the molecule is COc1ccccc1CNC(=O)c1ccccc1NC(=O)C(=O)NC1CCC(C)CC1. The first-order valence-corrected chi connectivity index (χ1v) is 10.6. The maximum Gasteiger partial charge on any atom is 0.313 e. The lowest BCUT2D eigenvalue weighted by Crippen LogP contribution is -2.43. The summed E-state index contributed by atoms with van der Waals surface area (Å²) in [6.07, 6.45) is 3.84. The van der Waals surface area contributed by atoms with E-state index in [4.69, 9.17) is 4.74 Å². The zero-order valence-corrected chi connectivity index (χ0v) is 17.9. The number of carbonyl (C=O) groups is 3. The van der Waals surface area contributed by atoms with Gasteiger partial charge in [0.1, 0.15) is 5.75 Å². The number of benzene rings is 2. The second-order valence-corrected chi connectivity index (χ2v) is 7.92. The van der Waals surface area contributed by atoms with Gasteiger partial charge in [0.05, 0.1) is 18.4 Å². The second kappa shape index (κ2) is 10.6. The zero-order chi connectivity index (χ0) is 22.2. The molecule has 0 aliphatic heterocycles. The van der Waals surface area contributed by atoms with Gasteiger partial charge in [0.25, 0.3) is 5.91 Å². The Morgan fingerprint density at radius 2 is 1.61 bits per heavy atom. The normalized spacial score (nSPS) is 18.0. The molecule has 0 atom stereocenters. The third-order valence-corrected chi connectivity index (χ3v) is 5.61. The summed E-state index contributed by atoms with van der Waals surface area (Å²) in [7, 11) is 1.57. The molecule has 1 aliphatic carbocycles. The van der Waals surface area contributed by atoms with Crippen LogP contribution in [0.15, 0.2) is 48.5 Å². The van der Waals surface area contributed by atoms with E-state index in [0.717, 1.165) is 31.2 Å². The maximum absolute atomic E-state index is 12.7. The topological polar surface area (TPSA) is 96.5 Å². The van der Waals surface area contributed by atoms with Crippen LogP contribution in [0.3, 0.4) is 0 Å². The Hall–Kier alpha value is -3.35. The number of methoxy groups -OCH3 is 1. The highest BCUT2D eigenvalue weighted by Crippen LogP contribution is 2.23. The molecule has 0 heterocycles. The molecular formula is C24H29N3O4. The first-order chi connectivity index (χ1) is 15.0. The van der Waals surface area contributed by atoms with Crippen molar-refractivity contribution in [2.45, 2.75) is 45.2 Å². The predicted octanol–water partition coefficient (Wildman–Crippen LogP) is 3.26. The lowest BCUT2D eigenvalue weighted by molar-refractivity contribution is -0.136. The van der Waals surface area contributed by atoms with Gasteiger partial charge in [0.2, 0.25) is 0 Å². The third kappa shape index (κ3) is 6.07. The van der Waals surface area contributed by atoms with Gasteiger partial charge in [0.15, 0.2) is 0 Å². The summed E-state index contributed by atoms with van der Waals surface area (Å²) in [4.78, 5) is 37.5. The van der Waals surface area contributed by atoms with Gasteiger partial charge >= 0.3 is 11.8 Å². The van der Waals surface area contributed by atoms with Crippen LogP contribution in [-0.2, 0) is 16.1 Å². The average Bonchev–Trinajstić information content (AvgIpc) is 2.79. The highest BCUT2D eigenvalue weighted by molar-refractivity contribution is 6.40. The number of amides is 3. The molecule has 7 nitrogen and oxygen atoms in total. The van der Waals surface area contributed by atoms with E-state index in [0.29, 0.717) is 11.7 Å². The minimum Gasteiger partial charge on any atom is -0.496 e. The minimum absolute atomic E-state index is 0.0221. The lowest BCUT2D eigenvalue weighted by Gasteiger charge is -2.26. The molecule has 1 aliphatic rings. The van der Waals surface area contributed by atoms with Crippen molar-refractivity contribution >= 4 is 23.4 Å². The number of hydrogen-bond donors (Lipinski definition) is 3. The molecule has 0 aromatic heterocycles. The molecule has 2 aromatic rings. The van der Waals surface area contributed by atoms with E-state index in [1.807, 2.05) is 24.3 Å². The molecule has 3 rings (SSSR count). The summed E-state index contributed by atoms with van der Waals surface area (Å²) < 4.78 is 5.30. The van der Waals surface area contributed by atoms with Crippen molar-refractivity contribution in [3.8, 4) is 5.75 Å². The number of ether oxygens (including phenoxy) is 1. The molecule has 3 amide bonds. The van der Waals surface area contributed by atoms with Gasteiger partial charge < -0.3 is 20.7 Å². The van der Waals surface area contributed by atoms with Crippen LogP contribution in [-0.4, -0.2) is 30.9 Å². The van der Waals surface area contributed by atoms with Crippen LogP contribution in [0.4, 0.5) is 5.69 Å². The summed E-state index contributed by atoms with van der Waals surface area (Å²) in [5.74, 6) is -0.475. The maximum atomic E-state index is 12.7. The van der Waals surface area contributed by atoms with E-state index in [9.17, 15) is 14.4 Å². The number of anilines is 1. The Morgan fingerprint density at radius 1 is 0.935 bits per heavy atom. The van der Waals surface area contributed by atoms with Gasteiger partial charge in [-0.15, -0.1) is 0 Å². The molecule has 3 N–H and O–H groups in total. The third-order valence-electron chi connectivity index (χ3n) is 5.61. The standard InChI is InChI=1S/C24H29N3O4/c1-16-11-13-18(14-12-16)26-23(29)24(30)27-20-9-5-4-8-19(20)22(28)25-15-17-7-3-6-10-21(17)31-2/h3-10,16,18H,11-15H2,1-2H3,(H,25,28)(H,26,29)(H,27,30). The quantitative estimate of drug-likeness (QED) is 0.622. The minimum atomic E-state index is -0.774. The van der Waals surface area contributed by atoms with E-state index in [2.05, 4.69) is 22.9 Å². The molecule has 0 unspecified atom stereocenters. The number of para-hydroxylation sites is 2. The van der Waals surface area contributed by atoms with Crippen molar-refractivity contribution in [2.75, 3.05) is 12.4 Å². The molecule has 0 saturated heterocycles. The van der Waals surface area contributed by atoms with Crippen LogP contribution in [0.1, 0.15) is 48.5 Å². The molecule has 0 bridgehead atoms. The highest BCUT2D eigenvalue weighted by Gasteiger charge is 2.24. The van der Waals surface area contributed by atoms with Crippen molar-refractivity contribution in [1.82, 2.24) is 10.6 Å². The molecule has 31 heavy (non-hydrogen) atoms. The molecule has 1 fully saturated rings. The molecular weight excluding hydrogens is 394 g/mol. The number of nitrogens with one attached hydrogen (secondary N) is 3. The van der Waals surface area contributed by atoms with E-state index in [-0.39, 0.29) is 29.7 Å². The Labute approximate surface area is 182 Å². The van der Waals surface area contributed by atoms with Gasteiger partial charge in [-0.2, -0.15) is 0 Å². The molecule has 2 aromatic carbocycles. The summed E-state index contributed by atoms with van der Waals surface area (Å²) in [5.41, 5.74) is 1.41. The van der Waals surface area contributed by atoms with E-state index in [1.54, 1.807) is 31.4 Å². The van der Waals surface area contributed by atoms with E-state index < -0.39 is 11.8 Å². The van der Waals surface area contributed by atoms with Gasteiger partial charge in [-0.1, -0.05) is 37.3 Å². The molecule has 164 valence electrons. The summed E-state index contributed by atoms with van der Waals surface area (Å²) in [6.45, 7) is 2.46. The Bertz CT molecular complexity index is 936. The van der Waals surface area contributed by atoms with Crippen molar-refractivity contribution in [3.05, 3.63) is 59.7 Å². The van der Waals surface area contributed by atoms with Crippen molar-refractivity contribution in [3.63, 3.8) is 0 Å². The second-order valence-electron chi connectivity index (χ2n) is 7.92. The van der Waals surface area contributed by atoms with Gasteiger partial charge in [-0.05, 0) is 49.8 Å². The molecule has 7 heteroatoms. The van der Waals surface area contributed by atoms with Crippen LogP contribution >= 0.6 is 0 Å². The van der Waals surface area contributed by atoms with Gasteiger partial charge in [-0.25, -0.2) is 0 Å². The van der Waals surface area contributed by atoms with Crippen LogP contribution in [0, 0.1) is 5.92 Å². The van der Waals surface area contributed by atoms with Gasteiger partial charge in [-0.3, -0.25) is 14.4 Å². The fraction of sp³-hybridized carbons (Fsp3) is 0.375. The number of carbonyl (C=O) groups excluding carboxylic acids is 3. The van der Waals surface area contributed by atoms with Crippen LogP contribution in [0.5, 0.6) is 5.75 Å². The first-order valence-electron chi connectivity index (χ1n) is 10.6. The van der Waals surface area contributed by atoms with E-state index in [1.165, 1.54) is 0 Å². The molecule has 1 saturated carbocycles. The fourth-order valence-corrected chi connectivity index (χ4v) is 3.74. The highest BCUT2D eigenvalue weighted by atomic mass is 16.5. The summed E-state index contributed by atoms with van der Waals surface area (Å²) >= 11 is 0. The molecule has 0 spiro atoms. The largest absolute Gasteiger partial charge is 0.496 e. The molecule has 0 radical (unpaired) electrons. The fourth-order valence-electron chi connectivity index (χ4n) is 3.74. The first kappa shape index (κ1) is 22.3. The summed E-state index contributed by atoms with van der Waals surface area (Å²) in [5, 5.41) is 8.21. The van der Waals surface area contributed by atoms with Crippen LogP contribution < -0.4 is 20.7 Å². The van der Waals surface area contributed by atoms with Crippen molar-refractivity contribution < 1.29 is 19.1 Å². The zero-order valence-electron chi connectivity index (χ0n) is 17.9. The van der Waals surface area contributed by atoms with Crippen LogP contribution in [0.2, 0.25) is 0 Å².